The number of nitrogens with two attached hydrogens (primary N) is 1. The Morgan fingerprint density at radius 3 is 2.53 bits per heavy atom. The van der Waals surface area contributed by atoms with Crippen LogP contribution in [0.4, 0.5) is 5.82 Å². The fourth-order valence-corrected chi connectivity index (χ4v) is 1.53. The molecule has 0 aliphatic rings. The fourth-order valence-electron chi connectivity index (χ4n) is 1.41. The highest BCUT2D eigenvalue weighted by Gasteiger charge is 2.04. The largest absolute Gasteiger partial charge is 0.384 e. The van der Waals surface area contributed by atoms with Gasteiger partial charge in [-0.05, 0) is 30.7 Å². The van der Waals surface area contributed by atoms with Crippen LogP contribution in [-0.2, 0) is 6.42 Å². The van der Waals surface area contributed by atoms with Crippen molar-refractivity contribution in [2.24, 2.45) is 0 Å². The van der Waals surface area contributed by atoms with E-state index in [1.807, 2.05) is 37.3 Å². The smallest absolute Gasteiger partial charge is 0.127 e. The monoisotopic (exact) mass is 221 g/mol. The van der Waals surface area contributed by atoms with E-state index in [1.54, 1.807) is 4.68 Å². The molecule has 0 unspecified atom stereocenters. The number of hydrogen-bond acceptors (Lipinski definition) is 2. The van der Waals surface area contributed by atoms with E-state index < -0.39 is 0 Å². The molecule has 2 N–H and O–H groups in total. The van der Waals surface area contributed by atoms with Crippen molar-refractivity contribution in [1.82, 2.24) is 9.78 Å². The second-order valence-electron chi connectivity index (χ2n) is 3.30. The summed E-state index contributed by atoms with van der Waals surface area (Å²) in [5.41, 5.74) is 7.77. The summed E-state index contributed by atoms with van der Waals surface area (Å²) in [7, 11) is 0. The molecule has 1 heterocycles. The van der Waals surface area contributed by atoms with Crippen LogP contribution >= 0.6 is 11.6 Å². The number of aryl methyl sites for hydroxylation is 1. The Bertz CT molecular complexity index is 459. The van der Waals surface area contributed by atoms with E-state index >= 15 is 0 Å². The van der Waals surface area contributed by atoms with Crippen molar-refractivity contribution in [3.05, 3.63) is 41.0 Å². The van der Waals surface area contributed by atoms with Crippen molar-refractivity contribution in [3.8, 4) is 5.69 Å². The summed E-state index contributed by atoms with van der Waals surface area (Å²) in [4.78, 5) is 0. The minimum Gasteiger partial charge on any atom is -0.384 e. The lowest BCUT2D eigenvalue weighted by atomic mass is 10.3. The molecule has 4 heteroatoms. The normalized spacial score (nSPS) is 10.5. The Morgan fingerprint density at radius 2 is 2.00 bits per heavy atom. The molecule has 0 aliphatic carbocycles. The summed E-state index contributed by atoms with van der Waals surface area (Å²) < 4.78 is 1.72. The van der Waals surface area contributed by atoms with Gasteiger partial charge in [-0.2, -0.15) is 5.10 Å². The predicted octanol–water partition coefficient (Wildman–Crippen LogP) is 2.67. The number of benzene rings is 1. The quantitative estimate of drug-likeness (QED) is 0.848. The topological polar surface area (TPSA) is 43.8 Å². The third-order valence-electron chi connectivity index (χ3n) is 2.22. The Kier molecular flexibility index (Phi) is 2.64. The molecule has 3 nitrogen and oxygen atoms in total. The number of aromatic nitrogens is 2. The maximum atomic E-state index is 5.85. The van der Waals surface area contributed by atoms with E-state index in [0.29, 0.717) is 10.8 Å². The van der Waals surface area contributed by atoms with Crippen LogP contribution in [0.2, 0.25) is 5.02 Å². The van der Waals surface area contributed by atoms with Gasteiger partial charge in [-0.3, -0.25) is 0 Å². The van der Waals surface area contributed by atoms with Crippen LogP contribution in [0, 0.1) is 0 Å². The molecule has 15 heavy (non-hydrogen) atoms. The van der Waals surface area contributed by atoms with Gasteiger partial charge in [0.25, 0.3) is 0 Å². The Balaban J connectivity index is 2.44. The summed E-state index contributed by atoms with van der Waals surface area (Å²) in [6, 6.07) is 9.32. The van der Waals surface area contributed by atoms with Crippen LogP contribution in [0.25, 0.3) is 5.69 Å². The van der Waals surface area contributed by atoms with E-state index in [2.05, 4.69) is 5.10 Å². The first-order valence-electron chi connectivity index (χ1n) is 4.81. The second kappa shape index (κ2) is 3.95. The zero-order valence-electron chi connectivity index (χ0n) is 8.44. The van der Waals surface area contributed by atoms with Crippen molar-refractivity contribution < 1.29 is 0 Å². The van der Waals surface area contributed by atoms with Crippen molar-refractivity contribution in [2.75, 3.05) is 5.73 Å². The van der Waals surface area contributed by atoms with E-state index in [4.69, 9.17) is 17.3 Å². The number of halogens is 1. The third kappa shape index (κ3) is 1.97. The van der Waals surface area contributed by atoms with Crippen molar-refractivity contribution in [1.29, 1.82) is 0 Å². The van der Waals surface area contributed by atoms with Gasteiger partial charge >= 0.3 is 0 Å². The molecule has 0 spiro atoms. The van der Waals surface area contributed by atoms with Gasteiger partial charge in [0.2, 0.25) is 0 Å². The molecule has 1 aromatic heterocycles. The average molecular weight is 222 g/mol. The minimum atomic E-state index is 0.647. The van der Waals surface area contributed by atoms with Crippen molar-refractivity contribution in [3.63, 3.8) is 0 Å². The van der Waals surface area contributed by atoms with E-state index in [1.165, 1.54) is 0 Å². The molecule has 2 aromatic rings. The molecular weight excluding hydrogens is 210 g/mol. The van der Waals surface area contributed by atoms with Gasteiger partial charge in [0.15, 0.2) is 0 Å². The lowest BCUT2D eigenvalue weighted by molar-refractivity contribution is 0.849. The van der Waals surface area contributed by atoms with Gasteiger partial charge in [-0.15, -0.1) is 0 Å². The zero-order chi connectivity index (χ0) is 10.8. The van der Waals surface area contributed by atoms with Crippen LogP contribution in [0.5, 0.6) is 0 Å². The molecular formula is C11H12ClN3. The lowest BCUT2D eigenvalue weighted by Gasteiger charge is -2.03. The van der Waals surface area contributed by atoms with E-state index in [0.717, 1.165) is 17.8 Å². The van der Waals surface area contributed by atoms with E-state index in [-0.39, 0.29) is 0 Å². The van der Waals surface area contributed by atoms with Gasteiger partial charge in [0.05, 0.1) is 11.4 Å². The maximum Gasteiger partial charge on any atom is 0.127 e. The molecule has 0 saturated heterocycles. The minimum absolute atomic E-state index is 0.647. The number of hydrogen-bond donors (Lipinski definition) is 1. The molecule has 0 atom stereocenters. The fraction of sp³-hybridized carbons (Fsp3) is 0.182. The molecule has 78 valence electrons. The molecule has 0 saturated carbocycles. The lowest BCUT2D eigenvalue weighted by Crippen LogP contribution is -2.01. The Hall–Kier alpha value is -1.48. The molecule has 0 radical (unpaired) electrons. The van der Waals surface area contributed by atoms with Crippen molar-refractivity contribution >= 4 is 17.4 Å². The number of anilines is 1. The molecule has 2 rings (SSSR count). The summed E-state index contributed by atoms with van der Waals surface area (Å²) in [6.07, 6.45) is 0.880. The highest BCUT2D eigenvalue weighted by atomic mass is 35.5. The number of nitrogen functional groups attached to an aromatic ring is 1. The summed E-state index contributed by atoms with van der Waals surface area (Å²) >= 11 is 5.81. The van der Waals surface area contributed by atoms with Crippen LogP contribution in [0.1, 0.15) is 12.6 Å². The molecule has 1 aromatic carbocycles. The third-order valence-corrected chi connectivity index (χ3v) is 2.47. The Morgan fingerprint density at radius 1 is 1.33 bits per heavy atom. The van der Waals surface area contributed by atoms with E-state index in [9.17, 15) is 0 Å². The number of rotatable bonds is 2. The molecule has 0 amide bonds. The van der Waals surface area contributed by atoms with Gasteiger partial charge in [0.1, 0.15) is 5.82 Å². The first kappa shape index (κ1) is 10.1. The zero-order valence-corrected chi connectivity index (χ0v) is 9.20. The van der Waals surface area contributed by atoms with Gasteiger partial charge < -0.3 is 5.73 Å². The summed E-state index contributed by atoms with van der Waals surface area (Å²) in [5.74, 6) is 0.647. The van der Waals surface area contributed by atoms with Crippen LogP contribution in [0.15, 0.2) is 30.3 Å². The molecule has 0 fully saturated rings. The number of nitrogens with zero attached hydrogens (tertiary/aromatic N) is 2. The van der Waals surface area contributed by atoms with Crippen LogP contribution < -0.4 is 5.73 Å². The summed E-state index contributed by atoms with van der Waals surface area (Å²) in [6.45, 7) is 2.05. The van der Waals surface area contributed by atoms with Gasteiger partial charge in [0, 0.05) is 11.1 Å². The SMILES string of the molecule is CCc1cc(N)n(-c2ccc(Cl)cc2)n1. The van der Waals surface area contributed by atoms with Gasteiger partial charge in [-0.25, -0.2) is 4.68 Å². The highest BCUT2D eigenvalue weighted by Crippen LogP contribution is 2.17. The first-order valence-corrected chi connectivity index (χ1v) is 5.19. The highest BCUT2D eigenvalue weighted by molar-refractivity contribution is 6.30. The maximum absolute atomic E-state index is 5.85. The Labute approximate surface area is 93.5 Å². The standard InChI is InChI=1S/C11H12ClN3/c1-2-9-7-11(13)15(14-9)10-5-3-8(12)4-6-10/h3-7H,2,13H2,1H3. The van der Waals surface area contributed by atoms with Gasteiger partial charge in [-0.1, -0.05) is 18.5 Å². The predicted molar refractivity (Wildman–Crippen MR) is 62.4 cm³/mol. The molecule has 0 bridgehead atoms. The van der Waals surface area contributed by atoms with Crippen LogP contribution in [-0.4, -0.2) is 9.78 Å². The van der Waals surface area contributed by atoms with Crippen LogP contribution in [0.3, 0.4) is 0 Å². The van der Waals surface area contributed by atoms with Crippen molar-refractivity contribution in [2.45, 2.75) is 13.3 Å². The average Bonchev–Trinajstić information content (AvgIpc) is 2.61. The second-order valence-corrected chi connectivity index (χ2v) is 3.74. The summed E-state index contributed by atoms with van der Waals surface area (Å²) in [5, 5.41) is 5.09. The molecule has 0 aliphatic heterocycles. The first-order chi connectivity index (χ1) is 7.20.